The van der Waals surface area contributed by atoms with Crippen molar-refractivity contribution in [3.05, 3.63) is 17.5 Å². The lowest BCUT2D eigenvalue weighted by Gasteiger charge is -2.41. The molecule has 0 amide bonds. The molecule has 1 aromatic heterocycles. The second-order valence-electron chi connectivity index (χ2n) is 4.32. The van der Waals surface area contributed by atoms with Crippen LogP contribution in [-0.2, 0) is 12.5 Å². The molecular formula is C11H16N2O2. The monoisotopic (exact) mass is 208 g/mol. The van der Waals surface area contributed by atoms with E-state index >= 15 is 0 Å². The Hall–Kier alpha value is -1.32. The number of hydrogen-bond donors (Lipinski definition) is 1. The minimum atomic E-state index is -0.863. The van der Waals surface area contributed by atoms with Gasteiger partial charge in [0.25, 0.3) is 0 Å². The van der Waals surface area contributed by atoms with Gasteiger partial charge in [0, 0.05) is 12.5 Å². The second-order valence-corrected chi connectivity index (χ2v) is 4.32. The van der Waals surface area contributed by atoms with Gasteiger partial charge in [-0.3, -0.25) is 4.68 Å². The molecule has 1 aromatic rings. The van der Waals surface area contributed by atoms with Crippen LogP contribution in [0.5, 0.6) is 0 Å². The lowest BCUT2D eigenvalue weighted by atomic mass is 9.64. The maximum Gasteiger partial charge on any atom is 0.339 e. The summed E-state index contributed by atoms with van der Waals surface area (Å²) in [6.07, 6.45) is 5.82. The molecule has 0 bridgehead atoms. The van der Waals surface area contributed by atoms with Crippen molar-refractivity contribution < 1.29 is 9.90 Å². The topological polar surface area (TPSA) is 55.1 Å². The average molecular weight is 208 g/mol. The smallest absolute Gasteiger partial charge is 0.339 e. The highest BCUT2D eigenvalue weighted by Crippen LogP contribution is 2.47. The van der Waals surface area contributed by atoms with E-state index < -0.39 is 5.97 Å². The summed E-state index contributed by atoms with van der Waals surface area (Å²) >= 11 is 0. The van der Waals surface area contributed by atoms with Crippen LogP contribution in [0, 0.1) is 0 Å². The third-order valence-electron chi connectivity index (χ3n) is 3.66. The van der Waals surface area contributed by atoms with Gasteiger partial charge in [-0.25, -0.2) is 4.79 Å². The van der Waals surface area contributed by atoms with Crippen molar-refractivity contribution in [1.82, 2.24) is 9.78 Å². The Morgan fingerprint density at radius 2 is 2.33 bits per heavy atom. The molecule has 1 aliphatic rings. The highest BCUT2D eigenvalue weighted by atomic mass is 16.4. The molecule has 2 rings (SSSR count). The van der Waals surface area contributed by atoms with Crippen molar-refractivity contribution in [1.29, 1.82) is 0 Å². The fourth-order valence-corrected chi connectivity index (χ4v) is 2.58. The lowest BCUT2D eigenvalue weighted by molar-refractivity contribution is 0.0690. The zero-order valence-electron chi connectivity index (χ0n) is 9.16. The zero-order chi connectivity index (χ0) is 11.1. The summed E-state index contributed by atoms with van der Waals surface area (Å²) in [6, 6.07) is 0. The first-order valence-electron chi connectivity index (χ1n) is 5.36. The van der Waals surface area contributed by atoms with Crippen LogP contribution in [0.25, 0.3) is 0 Å². The van der Waals surface area contributed by atoms with E-state index in [1.54, 1.807) is 4.68 Å². The maximum atomic E-state index is 11.1. The molecule has 82 valence electrons. The molecule has 0 aliphatic heterocycles. The van der Waals surface area contributed by atoms with Crippen molar-refractivity contribution >= 4 is 5.97 Å². The Bertz CT molecular complexity index is 386. The first kappa shape index (κ1) is 10.2. The number of carboxylic acids is 1. The zero-order valence-corrected chi connectivity index (χ0v) is 9.16. The highest BCUT2D eigenvalue weighted by Gasteiger charge is 2.42. The van der Waals surface area contributed by atoms with Crippen LogP contribution in [0.2, 0.25) is 0 Å². The van der Waals surface area contributed by atoms with Crippen LogP contribution in [0.4, 0.5) is 0 Å². The third kappa shape index (κ3) is 1.35. The predicted molar refractivity (Wildman–Crippen MR) is 56.0 cm³/mol. The number of hydrogen-bond acceptors (Lipinski definition) is 2. The fraction of sp³-hybridized carbons (Fsp3) is 0.636. The minimum Gasteiger partial charge on any atom is -0.478 e. The number of nitrogens with zero attached hydrogens (tertiary/aromatic N) is 2. The van der Waals surface area contributed by atoms with Gasteiger partial charge in [-0.15, -0.1) is 0 Å². The summed E-state index contributed by atoms with van der Waals surface area (Å²) in [6.45, 7) is 2.12. The first-order valence-corrected chi connectivity index (χ1v) is 5.36. The van der Waals surface area contributed by atoms with E-state index in [1.807, 2.05) is 7.05 Å². The molecule has 0 radical (unpaired) electrons. The van der Waals surface area contributed by atoms with Crippen molar-refractivity contribution in [2.75, 3.05) is 0 Å². The van der Waals surface area contributed by atoms with E-state index in [1.165, 1.54) is 12.6 Å². The molecule has 0 saturated heterocycles. The Morgan fingerprint density at radius 1 is 1.67 bits per heavy atom. The van der Waals surface area contributed by atoms with E-state index in [9.17, 15) is 4.79 Å². The van der Waals surface area contributed by atoms with Crippen LogP contribution in [0.15, 0.2) is 6.20 Å². The van der Waals surface area contributed by atoms with Gasteiger partial charge in [-0.05, 0) is 19.3 Å². The van der Waals surface area contributed by atoms with Gasteiger partial charge in [-0.2, -0.15) is 5.10 Å². The van der Waals surface area contributed by atoms with Crippen LogP contribution < -0.4 is 0 Å². The Morgan fingerprint density at radius 3 is 2.73 bits per heavy atom. The molecule has 0 spiro atoms. The standard InChI is InChI=1S/C11H16N2O2/c1-3-11(5-4-6-11)9-8(10(14)15)7-12-13(9)2/h7H,3-6H2,1-2H3,(H,14,15). The van der Waals surface area contributed by atoms with Gasteiger partial charge >= 0.3 is 5.97 Å². The first-order chi connectivity index (χ1) is 7.10. The molecule has 4 nitrogen and oxygen atoms in total. The number of carbonyl (C=O) groups is 1. The van der Waals surface area contributed by atoms with Gasteiger partial charge in [-0.1, -0.05) is 13.3 Å². The van der Waals surface area contributed by atoms with Gasteiger partial charge < -0.3 is 5.11 Å². The van der Waals surface area contributed by atoms with Gasteiger partial charge in [0.1, 0.15) is 5.56 Å². The molecule has 1 N–H and O–H groups in total. The normalized spacial score (nSPS) is 18.5. The molecule has 0 unspecified atom stereocenters. The third-order valence-corrected chi connectivity index (χ3v) is 3.66. The van der Waals surface area contributed by atoms with Gasteiger partial charge in [0.15, 0.2) is 0 Å². The largest absolute Gasteiger partial charge is 0.478 e. The Kier molecular flexibility index (Phi) is 2.29. The molecular weight excluding hydrogens is 192 g/mol. The summed E-state index contributed by atoms with van der Waals surface area (Å²) < 4.78 is 1.73. The van der Waals surface area contributed by atoms with Crippen LogP contribution >= 0.6 is 0 Å². The fourth-order valence-electron chi connectivity index (χ4n) is 2.58. The average Bonchev–Trinajstić information content (AvgIpc) is 2.48. The van der Waals surface area contributed by atoms with Crippen LogP contribution in [0.3, 0.4) is 0 Å². The predicted octanol–water partition coefficient (Wildman–Crippen LogP) is 1.95. The molecule has 15 heavy (non-hydrogen) atoms. The van der Waals surface area contributed by atoms with Crippen molar-refractivity contribution in [3.8, 4) is 0 Å². The quantitative estimate of drug-likeness (QED) is 0.826. The number of carboxylic acid groups (broad SMARTS) is 1. The Labute approximate surface area is 88.9 Å². The molecule has 1 fully saturated rings. The van der Waals surface area contributed by atoms with E-state index in [4.69, 9.17) is 5.11 Å². The van der Waals surface area contributed by atoms with Crippen LogP contribution in [0.1, 0.15) is 48.7 Å². The van der Waals surface area contributed by atoms with Gasteiger partial charge in [0.05, 0.1) is 11.9 Å². The number of aromatic nitrogens is 2. The van der Waals surface area contributed by atoms with Crippen molar-refractivity contribution in [2.45, 2.75) is 38.0 Å². The molecule has 0 atom stereocenters. The molecule has 4 heteroatoms. The summed E-state index contributed by atoms with van der Waals surface area (Å²) in [7, 11) is 1.83. The number of rotatable bonds is 3. The highest BCUT2D eigenvalue weighted by molar-refractivity contribution is 5.89. The SMILES string of the molecule is CCC1(c2c(C(=O)O)cnn2C)CCC1. The van der Waals surface area contributed by atoms with E-state index in [-0.39, 0.29) is 5.41 Å². The van der Waals surface area contributed by atoms with E-state index in [2.05, 4.69) is 12.0 Å². The van der Waals surface area contributed by atoms with Crippen molar-refractivity contribution in [3.63, 3.8) is 0 Å². The van der Waals surface area contributed by atoms with Gasteiger partial charge in [0.2, 0.25) is 0 Å². The molecule has 1 aliphatic carbocycles. The number of aromatic carboxylic acids is 1. The van der Waals surface area contributed by atoms with E-state index in [0.29, 0.717) is 5.56 Å². The summed E-state index contributed by atoms with van der Waals surface area (Å²) in [5.74, 6) is -0.863. The molecule has 1 heterocycles. The van der Waals surface area contributed by atoms with E-state index in [0.717, 1.165) is 25.0 Å². The summed E-state index contributed by atoms with van der Waals surface area (Å²) in [5, 5.41) is 13.2. The summed E-state index contributed by atoms with van der Waals surface area (Å²) in [5.41, 5.74) is 1.35. The van der Waals surface area contributed by atoms with Crippen LogP contribution in [-0.4, -0.2) is 20.9 Å². The van der Waals surface area contributed by atoms with Crippen molar-refractivity contribution in [2.24, 2.45) is 7.05 Å². The Balaban J connectivity index is 2.50. The summed E-state index contributed by atoms with van der Waals surface area (Å²) in [4.78, 5) is 11.1. The maximum absolute atomic E-state index is 11.1. The second kappa shape index (κ2) is 3.36. The number of aryl methyl sites for hydroxylation is 1. The lowest BCUT2D eigenvalue weighted by Crippen LogP contribution is -2.36. The minimum absolute atomic E-state index is 0.0684. The molecule has 1 saturated carbocycles. The molecule has 0 aromatic carbocycles.